The van der Waals surface area contributed by atoms with Gasteiger partial charge in [-0.15, -0.1) is 0 Å². The van der Waals surface area contributed by atoms with E-state index in [1.165, 1.54) is 6.42 Å². The molecule has 0 unspecified atom stereocenters. The largest absolute Gasteiger partial charge is 0.495 e. The number of halogens is 1. The maximum absolute atomic E-state index is 12.2. The van der Waals surface area contributed by atoms with Gasteiger partial charge in [0.15, 0.2) is 0 Å². The molecule has 1 amide bonds. The number of hydrogen-bond donors (Lipinski definition) is 1. The summed E-state index contributed by atoms with van der Waals surface area (Å²) in [5.74, 6) is 2.03. The number of anilines is 1. The molecule has 1 aromatic rings. The molecule has 0 aromatic heterocycles. The molecule has 5 heteroatoms. The van der Waals surface area contributed by atoms with Crippen LogP contribution in [-0.2, 0) is 4.79 Å². The topological polar surface area (TPSA) is 41.6 Å². The fourth-order valence-electron chi connectivity index (χ4n) is 3.22. The molecule has 0 saturated carbocycles. The average Bonchev–Trinajstić information content (AvgIpc) is 2.44. The van der Waals surface area contributed by atoms with Crippen LogP contribution in [0.5, 0.6) is 5.75 Å². The number of hydrogen-bond acceptors (Lipinski definition) is 3. The highest BCUT2D eigenvalue weighted by Crippen LogP contribution is 2.28. The van der Waals surface area contributed by atoms with E-state index in [2.05, 4.69) is 24.1 Å². The Morgan fingerprint density at radius 3 is 2.68 bits per heavy atom. The van der Waals surface area contributed by atoms with Crippen molar-refractivity contribution >= 4 is 23.2 Å². The van der Waals surface area contributed by atoms with Crippen molar-refractivity contribution in [2.45, 2.75) is 26.7 Å². The van der Waals surface area contributed by atoms with Gasteiger partial charge in [-0.3, -0.25) is 4.79 Å². The minimum atomic E-state index is -0.00792. The number of nitrogens with zero attached hydrogens (tertiary/aromatic N) is 1. The second-order valence-corrected chi connectivity index (χ2v) is 6.78. The normalized spacial score (nSPS) is 22.4. The molecule has 1 heterocycles. The fraction of sp³-hybridized carbons (Fsp3) is 0.588. The standard InChI is InChI=1S/C17H25ClN2O2/c1-12-8-13(2)11-20(10-12)7-6-17(21)19-15-9-14(18)4-5-16(15)22-3/h4-5,9,12-13H,6-8,10-11H2,1-3H3,(H,19,21)/t12-,13+. The lowest BCUT2D eigenvalue weighted by molar-refractivity contribution is -0.116. The molecule has 0 aliphatic carbocycles. The van der Waals surface area contributed by atoms with E-state index in [9.17, 15) is 4.79 Å². The lowest BCUT2D eigenvalue weighted by atomic mass is 9.92. The van der Waals surface area contributed by atoms with Crippen LogP contribution in [0.2, 0.25) is 5.02 Å². The SMILES string of the molecule is COc1ccc(Cl)cc1NC(=O)CCN1C[C@H](C)C[C@H](C)C1. The summed E-state index contributed by atoms with van der Waals surface area (Å²) in [7, 11) is 1.58. The molecule has 1 saturated heterocycles. The molecule has 1 aliphatic rings. The monoisotopic (exact) mass is 324 g/mol. The number of methoxy groups -OCH3 is 1. The van der Waals surface area contributed by atoms with Gasteiger partial charge in [0.25, 0.3) is 0 Å². The van der Waals surface area contributed by atoms with Crippen molar-refractivity contribution in [1.82, 2.24) is 4.90 Å². The van der Waals surface area contributed by atoms with Gasteiger partial charge in [-0.1, -0.05) is 25.4 Å². The Hall–Kier alpha value is -1.26. The van der Waals surface area contributed by atoms with E-state index < -0.39 is 0 Å². The molecule has 1 N–H and O–H groups in total. The van der Waals surface area contributed by atoms with Crippen molar-refractivity contribution in [3.05, 3.63) is 23.2 Å². The number of carbonyl (C=O) groups is 1. The van der Waals surface area contributed by atoms with Crippen LogP contribution in [0.1, 0.15) is 26.7 Å². The Morgan fingerprint density at radius 1 is 1.36 bits per heavy atom. The average molecular weight is 325 g/mol. The van der Waals surface area contributed by atoms with Crippen molar-refractivity contribution < 1.29 is 9.53 Å². The minimum absolute atomic E-state index is 0.00792. The Bertz CT molecular complexity index is 511. The molecule has 122 valence electrons. The molecule has 2 rings (SSSR count). The smallest absolute Gasteiger partial charge is 0.225 e. The van der Waals surface area contributed by atoms with Crippen LogP contribution >= 0.6 is 11.6 Å². The zero-order valence-corrected chi connectivity index (χ0v) is 14.3. The van der Waals surface area contributed by atoms with Gasteiger partial charge in [0.1, 0.15) is 5.75 Å². The number of rotatable bonds is 5. The number of benzene rings is 1. The number of piperidine rings is 1. The van der Waals surface area contributed by atoms with Crippen molar-refractivity contribution in [3.8, 4) is 5.75 Å². The maximum atomic E-state index is 12.2. The Labute approximate surface area is 137 Å². The molecule has 0 bridgehead atoms. The predicted molar refractivity (Wildman–Crippen MR) is 90.6 cm³/mol. The summed E-state index contributed by atoms with van der Waals surface area (Å²) in [4.78, 5) is 14.5. The molecular weight excluding hydrogens is 300 g/mol. The van der Waals surface area contributed by atoms with Gasteiger partial charge in [-0.2, -0.15) is 0 Å². The highest BCUT2D eigenvalue weighted by atomic mass is 35.5. The van der Waals surface area contributed by atoms with Gasteiger partial charge in [0.05, 0.1) is 12.8 Å². The van der Waals surface area contributed by atoms with Crippen LogP contribution in [0.15, 0.2) is 18.2 Å². The highest BCUT2D eigenvalue weighted by molar-refractivity contribution is 6.31. The van der Waals surface area contributed by atoms with Gasteiger partial charge < -0.3 is 15.0 Å². The molecule has 1 fully saturated rings. The van der Waals surface area contributed by atoms with E-state index in [4.69, 9.17) is 16.3 Å². The summed E-state index contributed by atoms with van der Waals surface area (Å²) >= 11 is 5.97. The van der Waals surface area contributed by atoms with Gasteiger partial charge in [-0.25, -0.2) is 0 Å². The van der Waals surface area contributed by atoms with Crippen LogP contribution in [0.4, 0.5) is 5.69 Å². The number of likely N-dealkylation sites (tertiary alicyclic amines) is 1. The molecule has 1 aromatic carbocycles. The summed E-state index contributed by atoms with van der Waals surface area (Å²) in [6.07, 6.45) is 1.76. The van der Waals surface area contributed by atoms with Gasteiger partial charge in [0, 0.05) is 31.1 Å². The van der Waals surface area contributed by atoms with E-state index in [1.54, 1.807) is 25.3 Å². The maximum Gasteiger partial charge on any atom is 0.225 e. The van der Waals surface area contributed by atoms with E-state index in [0.29, 0.717) is 34.7 Å². The molecule has 4 nitrogen and oxygen atoms in total. The number of carbonyl (C=O) groups excluding carboxylic acids is 1. The first-order chi connectivity index (χ1) is 10.5. The van der Waals surface area contributed by atoms with Gasteiger partial charge in [-0.05, 0) is 36.5 Å². The van der Waals surface area contributed by atoms with Crippen molar-refractivity contribution in [2.24, 2.45) is 11.8 Å². The van der Waals surface area contributed by atoms with E-state index >= 15 is 0 Å². The number of nitrogens with one attached hydrogen (secondary N) is 1. The lowest BCUT2D eigenvalue weighted by Gasteiger charge is -2.34. The second-order valence-electron chi connectivity index (χ2n) is 6.35. The lowest BCUT2D eigenvalue weighted by Crippen LogP contribution is -2.40. The molecule has 0 spiro atoms. The molecule has 0 radical (unpaired) electrons. The van der Waals surface area contributed by atoms with Gasteiger partial charge >= 0.3 is 0 Å². The predicted octanol–water partition coefficient (Wildman–Crippen LogP) is 3.66. The first kappa shape index (κ1) is 17.1. The van der Waals surface area contributed by atoms with E-state index in [-0.39, 0.29) is 5.91 Å². The van der Waals surface area contributed by atoms with Crippen LogP contribution < -0.4 is 10.1 Å². The van der Waals surface area contributed by atoms with Crippen LogP contribution in [-0.4, -0.2) is 37.6 Å². The van der Waals surface area contributed by atoms with Crippen LogP contribution in [0.3, 0.4) is 0 Å². The third-order valence-corrected chi connectivity index (χ3v) is 4.27. The zero-order chi connectivity index (χ0) is 16.1. The van der Waals surface area contributed by atoms with Crippen molar-refractivity contribution in [2.75, 3.05) is 32.1 Å². The number of ether oxygens (including phenoxy) is 1. The van der Waals surface area contributed by atoms with Crippen LogP contribution in [0, 0.1) is 11.8 Å². The summed E-state index contributed by atoms with van der Waals surface area (Å²) in [5.41, 5.74) is 0.625. The Morgan fingerprint density at radius 2 is 2.05 bits per heavy atom. The van der Waals surface area contributed by atoms with Crippen molar-refractivity contribution in [3.63, 3.8) is 0 Å². The summed E-state index contributed by atoms with van der Waals surface area (Å²) < 4.78 is 5.24. The summed E-state index contributed by atoms with van der Waals surface area (Å²) in [5, 5.41) is 3.47. The van der Waals surface area contributed by atoms with E-state index in [1.807, 2.05) is 0 Å². The molecule has 2 atom stereocenters. The fourth-order valence-corrected chi connectivity index (χ4v) is 3.40. The first-order valence-electron chi connectivity index (χ1n) is 7.83. The highest BCUT2D eigenvalue weighted by Gasteiger charge is 2.22. The summed E-state index contributed by atoms with van der Waals surface area (Å²) in [6.45, 7) is 7.51. The Kier molecular flexibility index (Phi) is 6.09. The van der Waals surface area contributed by atoms with Gasteiger partial charge in [0.2, 0.25) is 5.91 Å². The zero-order valence-electron chi connectivity index (χ0n) is 13.6. The third-order valence-electron chi connectivity index (χ3n) is 4.04. The quantitative estimate of drug-likeness (QED) is 0.898. The second kappa shape index (κ2) is 7.84. The minimum Gasteiger partial charge on any atom is -0.495 e. The third kappa shape index (κ3) is 4.89. The van der Waals surface area contributed by atoms with Crippen molar-refractivity contribution in [1.29, 1.82) is 0 Å². The van der Waals surface area contributed by atoms with E-state index in [0.717, 1.165) is 19.6 Å². The number of amides is 1. The Balaban J connectivity index is 1.87. The summed E-state index contributed by atoms with van der Waals surface area (Å²) in [6, 6.07) is 5.21. The molecular formula is C17H25ClN2O2. The van der Waals surface area contributed by atoms with Crippen LogP contribution in [0.25, 0.3) is 0 Å². The molecule has 1 aliphatic heterocycles. The first-order valence-corrected chi connectivity index (χ1v) is 8.21. The molecule has 22 heavy (non-hydrogen) atoms.